The molecule has 0 bridgehead atoms. The Bertz CT molecular complexity index is 957. The maximum atomic E-state index is 12.8. The number of nitrogens with one attached hydrogen (secondary N) is 1. The molecule has 5 heteroatoms. The Morgan fingerprint density at radius 2 is 1.52 bits per heavy atom. The van der Waals surface area contributed by atoms with Crippen molar-refractivity contribution in [2.24, 2.45) is 0 Å². The number of amides is 1. The molecule has 0 aliphatic rings. The van der Waals surface area contributed by atoms with Crippen molar-refractivity contribution in [3.05, 3.63) is 95.0 Å². The third-order valence-electron chi connectivity index (χ3n) is 3.98. The average Bonchev–Trinajstić information content (AvgIpc) is 2.70. The van der Waals surface area contributed by atoms with E-state index in [0.29, 0.717) is 27.6 Å². The first-order valence-corrected chi connectivity index (χ1v) is 8.85. The fourth-order valence-electron chi connectivity index (χ4n) is 2.55. The molecular formula is C22H18ClNO3. The Morgan fingerprint density at radius 1 is 0.889 bits per heavy atom. The quantitative estimate of drug-likeness (QED) is 0.615. The van der Waals surface area contributed by atoms with Crippen LogP contribution in [-0.2, 0) is 4.79 Å². The van der Waals surface area contributed by atoms with Gasteiger partial charge in [0, 0.05) is 11.1 Å². The summed E-state index contributed by atoms with van der Waals surface area (Å²) >= 11 is 6.07. The summed E-state index contributed by atoms with van der Waals surface area (Å²) in [6.45, 7) is 1.63. The van der Waals surface area contributed by atoms with Crippen molar-refractivity contribution < 1.29 is 14.3 Å². The topological polar surface area (TPSA) is 55.4 Å². The van der Waals surface area contributed by atoms with Gasteiger partial charge in [0.25, 0.3) is 5.91 Å². The zero-order chi connectivity index (χ0) is 19.2. The molecule has 0 aromatic heterocycles. The lowest BCUT2D eigenvalue weighted by Crippen LogP contribution is -2.30. The van der Waals surface area contributed by atoms with Crippen molar-refractivity contribution >= 4 is 29.0 Å². The number of carbonyl (C=O) groups is 2. The third kappa shape index (κ3) is 4.54. The van der Waals surface area contributed by atoms with E-state index in [2.05, 4.69) is 5.32 Å². The predicted molar refractivity (Wildman–Crippen MR) is 106 cm³/mol. The molecule has 27 heavy (non-hydrogen) atoms. The van der Waals surface area contributed by atoms with Crippen LogP contribution < -0.4 is 10.1 Å². The molecule has 3 rings (SSSR count). The normalized spacial score (nSPS) is 11.5. The van der Waals surface area contributed by atoms with Crippen LogP contribution >= 0.6 is 11.6 Å². The van der Waals surface area contributed by atoms with Crippen LogP contribution in [0.2, 0.25) is 5.02 Å². The molecule has 3 aromatic carbocycles. The molecule has 1 amide bonds. The summed E-state index contributed by atoms with van der Waals surface area (Å²) in [6.07, 6.45) is -0.787. The van der Waals surface area contributed by atoms with Crippen LogP contribution in [0.25, 0.3) is 0 Å². The maximum Gasteiger partial charge on any atom is 0.265 e. The number of rotatable bonds is 6. The van der Waals surface area contributed by atoms with Gasteiger partial charge in [0.05, 0.1) is 10.7 Å². The molecular weight excluding hydrogens is 362 g/mol. The first-order chi connectivity index (χ1) is 13.1. The van der Waals surface area contributed by atoms with Crippen molar-refractivity contribution in [1.29, 1.82) is 0 Å². The highest BCUT2D eigenvalue weighted by Crippen LogP contribution is 2.25. The van der Waals surface area contributed by atoms with Crippen LogP contribution in [0.3, 0.4) is 0 Å². The highest BCUT2D eigenvalue weighted by molar-refractivity contribution is 6.32. The molecule has 0 saturated heterocycles. The Kier molecular flexibility index (Phi) is 5.89. The molecule has 4 nitrogen and oxygen atoms in total. The maximum absolute atomic E-state index is 12.8. The fraction of sp³-hybridized carbons (Fsp3) is 0.0909. The van der Waals surface area contributed by atoms with E-state index < -0.39 is 6.10 Å². The highest BCUT2D eigenvalue weighted by atomic mass is 35.5. The first kappa shape index (κ1) is 18.7. The van der Waals surface area contributed by atoms with E-state index in [1.54, 1.807) is 79.7 Å². The highest BCUT2D eigenvalue weighted by Gasteiger charge is 2.19. The summed E-state index contributed by atoms with van der Waals surface area (Å²) in [5.74, 6) is -0.107. The van der Waals surface area contributed by atoms with Crippen molar-refractivity contribution in [1.82, 2.24) is 0 Å². The minimum atomic E-state index is -0.787. The van der Waals surface area contributed by atoms with Gasteiger partial charge in [-0.3, -0.25) is 9.59 Å². The smallest absolute Gasteiger partial charge is 0.265 e. The molecule has 3 aromatic rings. The van der Waals surface area contributed by atoms with Gasteiger partial charge in [-0.15, -0.1) is 0 Å². The van der Waals surface area contributed by atoms with Crippen LogP contribution in [0.15, 0.2) is 78.9 Å². The van der Waals surface area contributed by atoms with E-state index in [9.17, 15) is 9.59 Å². The molecule has 0 spiro atoms. The standard InChI is InChI=1S/C22H18ClNO3/c1-15(27-20-14-8-6-12-18(20)23)22(26)24-19-13-7-5-11-17(19)21(25)16-9-3-2-4-10-16/h2-15H,1H3,(H,24,26)/t15-/m0/s1. The zero-order valence-corrected chi connectivity index (χ0v) is 15.4. The Morgan fingerprint density at radius 3 is 2.26 bits per heavy atom. The minimum absolute atomic E-state index is 0.161. The second-order valence-electron chi connectivity index (χ2n) is 5.92. The lowest BCUT2D eigenvalue weighted by molar-refractivity contribution is -0.122. The van der Waals surface area contributed by atoms with E-state index in [1.165, 1.54) is 0 Å². The number of ether oxygens (including phenoxy) is 1. The molecule has 0 saturated carbocycles. The molecule has 0 radical (unpaired) electrons. The number of para-hydroxylation sites is 2. The van der Waals surface area contributed by atoms with Crippen LogP contribution in [0.1, 0.15) is 22.8 Å². The predicted octanol–water partition coefficient (Wildman–Crippen LogP) is 4.98. The van der Waals surface area contributed by atoms with Gasteiger partial charge >= 0.3 is 0 Å². The molecule has 1 atom stereocenters. The molecule has 136 valence electrons. The van der Waals surface area contributed by atoms with Gasteiger partial charge in [0.2, 0.25) is 0 Å². The van der Waals surface area contributed by atoms with E-state index in [-0.39, 0.29) is 11.7 Å². The van der Waals surface area contributed by atoms with Gasteiger partial charge in [0.1, 0.15) is 5.75 Å². The number of benzene rings is 3. The molecule has 0 fully saturated rings. The lowest BCUT2D eigenvalue weighted by Gasteiger charge is -2.17. The largest absolute Gasteiger partial charge is 0.479 e. The SMILES string of the molecule is C[C@H](Oc1ccccc1Cl)C(=O)Nc1ccccc1C(=O)c1ccccc1. The van der Waals surface area contributed by atoms with Crippen LogP contribution in [-0.4, -0.2) is 17.8 Å². The summed E-state index contributed by atoms with van der Waals surface area (Å²) < 4.78 is 5.64. The fourth-order valence-corrected chi connectivity index (χ4v) is 2.73. The summed E-state index contributed by atoms with van der Waals surface area (Å²) in [6, 6.07) is 22.8. The van der Waals surface area contributed by atoms with Crippen LogP contribution in [0.5, 0.6) is 5.75 Å². The third-order valence-corrected chi connectivity index (χ3v) is 4.29. The van der Waals surface area contributed by atoms with Crippen molar-refractivity contribution in [2.75, 3.05) is 5.32 Å². The van der Waals surface area contributed by atoms with Gasteiger partial charge in [-0.05, 0) is 31.2 Å². The average molecular weight is 380 g/mol. The van der Waals surface area contributed by atoms with Crippen LogP contribution in [0, 0.1) is 0 Å². The van der Waals surface area contributed by atoms with E-state index >= 15 is 0 Å². The van der Waals surface area contributed by atoms with Crippen molar-refractivity contribution in [3.8, 4) is 5.75 Å². The number of ketones is 1. The minimum Gasteiger partial charge on any atom is -0.479 e. The number of halogens is 1. The van der Waals surface area contributed by atoms with Gasteiger partial charge in [-0.2, -0.15) is 0 Å². The number of anilines is 1. The second kappa shape index (κ2) is 8.52. The molecule has 0 aliphatic carbocycles. The lowest BCUT2D eigenvalue weighted by atomic mass is 10.0. The van der Waals surface area contributed by atoms with Crippen molar-refractivity contribution in [2.45, 2.75) is 13.0 Å². The summed E-state index contributed by atoms with van der Waals surface area (Å²) in [4.78, 5) is 25.3. The van der Waals surface area contributed by atoms with E-state index in [1.807, 2.05) is 6.07 Å². The molecule has 0 aliphatic heterocycles. The van der Waals surface area contributed by atoms with Crippen LogP contribution in [0.4, 0.5) is 5.69 Å². The monoisotopic (exact) mass is 379 g/mol. The van der Waals surface area contributed by atoms with E-state index in [4.69, 9.17) is 16.3 Å². The summed E-state index contributed by atoms with van der Waals surface area (Å²) in [5.41, 5.74) is 1.41. The zero-order valence-electron chi connectivity index (χ0n) is 14.7. The van der Waals surface area contributed by atoms with Gasteiger partial charge in [0.15, 0.2) is 11.9 Å². The van der Waals surface area contributed by atoms with Gasteiger partial charge < -0.3 is 10.1 Å². The molecule has 0 unspecified atom stereocenters. The summed E-state index contributed by atoms with van der Waals surface area (Å²) in [5, 5.41) is 3.20. The molecule has 0 heterocycles. The number of hydrogen-bond acceptors (Lipinski definition) is 3. The summed E-state index contributed by atoms with van der Waals surface area (Å²) in [7, 11) is 0. The Hall–Kier alpha value is -3.11. The number of hydrogen-bond donors (Lipinski definition) is 1. The Balaban J connectivity index is 1.77. The van der Waals surface area contributed by atoms with Crippen molar-refractivity contribution in [3.63, 3.8) is 0 Å². The van der Waals surface area contributed by atoms with E-state index in [0.717, 1.165) is 0 Å². The first-order valence-electron chi connectivity index (χ1n) is 8.47. The Labute approximate surface area is 162 Å². The molecule has 1 N–H and O–H groups in total. The van der Waals surface area contributed by atoms with Gasteiger partial charge in [-0.25, -0.2) is 0 Å². The number of carbonyl (C=O) groups excluding carboxylic acids is 2. The van der Waals surface area contributed by atoms with Gasteiger partial charge in [-0.1, -0.05) is 66.2 Å². The second-order valence-corrected chi connectivity index (χ2v) is 6.33.